The highest BCUT2D eigenvalue weighted by Gasteiger charge is 2.02. The predicted molar refractivity (Wildman–Crippen MR) is 97.7 cm³/mol. The van der Waals surface area contributed by atoms with Crippen molar-refractivity contribution in [1.82, 2.24) is 0 Å². The maximum Gasteiger partial charge on any atom is -0.0329 e. The molecule has 0 aromatic carbocycles. The summed E-state index contributed by atoms with van der Waals surface area (Å²) in [6.07, 6.45) is 13.0. The van der Waals surface area contributed by atoms with E-state index in [1.807, 2.05) is 0 Å². The molecule has 18 heavy (non-hydrogen) atoms. The first-order valence-electron chi connectivity index (χ1n) is 7.64. The highest BCUT2D eigenvalue weighted by molar-refractivity contribution is 7.57. The molecule has 0 aromatic rings. The average Bonchev–Trinajstić information content (AvgIpc) is 2.33. The maximum absolute atomic E-state index is 2.31. The summed E-state index contributed by atoms with van der Waals surface area (Å²) in [6.45, 7) is 13.8. The lowest BCUT2D eigenvalue weighted by molar-refractivity contribution is 1.02. The average molecular weight is 294 g/mol. The third kappa shape index (κ3) is 16.9. The molecule has 0 spiro atoms. The lowest BCUT2D eigenvalue weighted by Gasteiger charge is -2.13. The fraction of sp³-hybridized carbons (Fsp3) is 1.00. The fourth-order valence-electron chi connectivity index (χ4n) is 1.95. The van der Waals surface area contributed by atoms with Crippen LogP contribution < -0.4 is 0 Å². The predicted octanol–water partition coefficient (Wildman–Crippen LogP) is 6.86. The molecule has 0 N–H and O–H groups in total. The molecule has 0 nitrogen and oxygen atoms in total. The molecule has 0 heterocycles. The first-order valence-corrected chi connectivity index (χ1v) is 11.4. The van der Waals surface area contributed by atoms with Crippen LogP contribution in [0.3, 0.4) is 0 Å². The van der Waals surface area contributed by atoms with Gasteiger partial charge >= 0.3 is 0 Å². The number of hydrogen-bond donors (Lipinski definition) is 0. The molecule has 0 unspecified atom stereocenters. The molecule has 0 fully saturated rings. The molecule has 0 rings (SSSR count). The second-order valence-corrected chi connectivity index (χ2v) is 10.4. The van der Waals surface area contributed by atoms with Crippen molar-refractivity contribution in [2.24, 2.45) is 0 Å². The summed E-state index contributed by atoms with van der Waals surface area (Å²) in [6, 6.07) is 0. The molecule has 0 aliphatic carbocycles. The van der Waals surface area contributed by atoms with E-state index < -0.39 is 0 Å². The Morgan fingerprint density at radius 2 is 0.778 bits per heavy atom. The standard InChI is InChI=1S/C9H21P.C6H15P.CH4/c1-4-7-10(8-5-2)9-6-3;1-4-7(5-2)6-3;/h4-9H2,1-3H3;4-6H2,1-3H3;1H4. The van der Waals surface area contributed by atoms with E-state index in [0.717, 1.165) is 0 Å². The third-order valence-electron chi connectivity index (χ3n) is 2.96. The van der Waals surface area contributed by atoms with E-state index in [1.165, 1.54) is 56.2 Å². The molecule has 0 aromatic heterocycles. The minimum atomic E-state index is 0. The van der Waals surface area contributed by atoms with Crippen LogP contribution in [0.4, 0.5) is 0 Å². The van der Waals surface area contributed by atoms with Gasteiger partial charge in [0.2, 0.25) is 0 Å². The largest absolute Gasteiger partial charge is 0.108 e. The molecule has 2 heteroatoms. The first kappa shape index (κ1) is 23.9. The van der Waals surface area contributed by atoms with E-state index in [1.54, 1.807) is 0 Å². The van der Waals surface area contributed by atoms with Crippen LogP contribution in [0.25, 0.3) is 0 Å². The molecule has 0 saturated carbocycles. The van der Waals surface area contributed by atoms with Crippen molar-refractivity contribution in [2.45, 2.75) is 68.2 Å². The Hall–Kier alpha value is 0.860. The summed E-state index contributed by atoms with van der Waals surface area (Å²) in [4.78, 5) is 0. The summed E-state index contributed by atoms with van der Waals surface area (Å²) in [7, 11) is 0.885. The third-order valence-corrected chi connectivity index (χ3v) is 8.88. The van der Waals surface area contributed by atoms with Gasteiger partial charge in [-0.15, -0.1) is 15.8 Å². The highest BCUT2D eigenvalue weighted by atomic mass is 31.1. The maximum atomic E-state index is 2.31. The molecule has 114 valence electrons. The van der Waals surface area contributed by atoms with Gasteiger partial charge in [-0.05, 0) is 37.0 Å². The van der Waals surface area contributed by atoms with Gasteiger partial charge in [-0.1, -0.05) is 68.2 Å². The lowest BCUT2D eigenvalue weighted by Crippen LogP contribution is -1.92. The van der Waals surface area contributed by atoms with E-state index in [2.05, 4.69) is 41.5 Å². The van der Waals surface area contributed by atoms with Crippen molar-refractivity contribution in [2.75, 3.05) is 37.0 Å². The monoisotopic (exact) mass is 294 g/mol. The van der Waals surface area contributed by atoms with Crippen LogP contribution in [-0.2, 0) is 0 Å². The van der Waals surface area contributed by atoms with Crippen molar-refractivity contribution in [1.29, 1.82) is 0 Å². The van der Waals surface area contributed by atoms with Crippen LogP contribution in [0, 0.1) is 0 Å². The van der Waals surface area contributed by atoms with Crippen LogP contribution in [0.15, 0.2) is 0 Å². The van der Waals surface area contributed by atoms with Gasteiger partial charge in [-0.2, -0.15) is 0 Å². The van der Waals surface area contributed by atoms with E-state index in [-0.39, 0.29) is 7.43 Å². The highest BCUT2D eigenvalue weighted by Crippen LogP contribution is 2.37. The van der Waals surface area contributed by atoms with Crippen molar-refractivity contribution >= 4 is 15.8 Å². The van der Waals surface area contributed by atoms with Crippen LogP contribution in [0.5, 0.6) is 0 Å². The molecule has 0 bridgehead atoms. The first-order chi connectivity index (χ1) is 8.19. The Morgan fingerprint density at radius 1 is 0.500 bits per heavy atom. The van der Waals surface area contributed by atoms with Gasteiger partial charge in [0.1, 0.15) is 0 Å². The Kier molecular flexibility index (Phi) is 26.8. The van der Waals surface area contributed by atoms with Gasteiger partial charge in [0.25, 0.3) is 0 Å². The van der Waals surface area contributed by atoms with E-state index >= 15 is 0 Å². The molecule has 0 radical (unpaired) electrons. The summed E-state index contributed by atoms with van der Waals surface area (Å²) >= 11 is 0. The normalized spacial score (nSPS) is 10.0. The van der Waals surface area contributed by atoms with Gasteiger partial charge in [-0.25, -0.2) is 0 Å². The Bertz CT molecular complexity index is 102. The van der Waals surface area contributed by atoms with Crippen LogP contribution in [0.2, 0.25) is 0 Å². The van der Waals surface area contributed by atoms with Crippen molar-refractivity contribution in [3.63, 3.8) is 0 Å². The lowest BCUT2D eigenvalue weighted by atomic mass is 10.6. The van der Waals surface area contributed by atoms with Crippen molar-refractivity contribution < 1.29 is 0 Å². The second kappa shape index (κ2) is 20.2. The van der Waals surface area contributed by atoms with Crippen LogP contribution in [0.1, 0.15) is 68.2 Å². The van der Waals surface area contributed by atoms with Gasteiger partial charge < -0.3 is 0 Å². The Labute approximate surface area is 121 Å². The van der Waals surface area contributed by atoms with E-state index in [9.17, 15) is 0 Å². The summed E-state index contributed by atoms with van der Waals surface area (Å²) in [5, 5.41) is 0. The van der Waals surface area contributed by atoms with Gasteiger partial charge in [0.05, 0.1) is 0 Å². The van der Waals surface area contributed by atoms with E-state index in [4.69, 9.17) is 0 Å². The van der Waals surface area contributed by atoms with Gasteiger partial charge in [-0.3, -0.25) is 0 Å². The molecule has 0 saturated heterocycles. The van der Waals surface area contributed by atoms with Gasteiger partial charge in [0.15, 0.2) is 0 Å². The molecule has 0 aliphatic heterocycles. The molecule has 0 atom stereocenters. The Balaban J connectivity index is -0.000000251. The zero-order valence-corrected chi connectivity index (χ0v) is 15.0. The van der Waals surface area contributed by atoms with Crippen LogP contribution >= 0.6 is 15.8 Å². The number of hydrogen-bond acceptors (Lipinski definition) is 0. The number of rotatable bonds is 9. The summed E-state index contributed by atoms with van der Waals surface area (Å²) in [5.41, 5.74) is 0. The molecule has 0 amide bonds. The molecule has 0 aliphatic rings. The quantitative estimate of drug-likeness (QED) is 0.407. The smallest absolute Gasteiger partial charge is 0.0329 e. The summed E-state index contributed by atoms with van der Waals surface area (Å²) in [5.74, 6) is 0. The van der Waals surface area contributed by atoms with Gasteiger partial charge in [0, 0.05) is 0 Å². The van der Waals surface area contributed by atoms with E-state index in [0.29, 0.717) is 15.8 Å². The zero-order valence-electron chi connectivity index (χ0n) is 13.3. The van der Waals surface area contributed by atoms with Crippen LogP contribution in [-0.4, -0.2) is 37.0 Å². The Morgan fingerprint density at radius 3 is 0.889 bits per heavy atom. The summed E-state index contributed by atoms with van der Waals surface area (Å²) < 4.78 is 0. The SMILES string of the molecule is C.CCCP(CCC)CCC.CCP(CC)CC. The minimum Gasteiger partial charge on any atom is -0.108 e. The molecular formula is C16H40P2. The topological polar surface area (TPSA) is 0 Å². The fourth-order valence-corrected chi connectivity index (χ4v) is 5.86. The second-order valence-electron chi connectivity index (χ2n) is 4.46. The molecular weight excluding hydrogens is 254 g/mol. The zero-order chi connectivity index (χ0) is 13.5. The minimum absolute atomic E-state index is 0. The van der Waals surface area contributed by atoms with Crippen molar-refractivity contribution in [3.8, 4) is 0 Å². The van der Waals surface area contributed by atoms with Crippen molar-refractivity contribution in [3.05, 3.63) is 0 Å².